The first-order chi connectivity index (χ1) is 9.15. The fourth-order valence-corrected chi connectivity index (χ4v) is 2.40. The van der Waals surface area contributed by atoms with E-state index in [4.69, 9.17) is 16.3 Å². The summed E-state index contributed by atoms with van der Waals surface area (Å²) in [5, 5.41) is 3.97. The van der Waals surface area contributed by atoms with Crippen molar-refractivity contribution in [3.63, 3.8) is 0 Å². The van der Waals surface area contributed by atoms with Crippen LogP contribution in [-0.4, -0.2) is 20.2 Å². The van der Waals surface area contributed by atoms with Crippen LogP contribution in [0.15, 0.2) is 18.2 Å². The molecule has 0 spiro atoms. The molecule has 1 aromatic rings. The van der Waals surface area contributed by atoms with E-state index in [1.165, 1.54) is 24.8 Å². The number of ether oxygens (including phenoxy) is 1. The van der Waals surface area contributed by atoms with E-state index in [-0.39, 0.29) is 0 Å². The van der Waals surface area contributed by atoms with E-state index in [0.29, 0.717) is 5.92 Å². The molecule has 0 aliphatic carbocycles. The lowest BCUT2D eigenvalue weighted by Gasteiger charge is -2.11. The van der Waals surface area contributed by atoms with Crippen molar-refractivity contribution in [2.24, 2.45) is 0 Å². The van der Waals surface area contributed by atoms with Crippen molar-refractivity contribution in [2.75, 3.05) is 20.2 Å². The molecule has 0 bridgehead atoms. The molecule has 0 aliphatic rings. The zero-order chi connectivity index (χ0) is 14.1. The molecule has 0 saturated carbocycles. The molecule has 0 saturated heterocycles. The lowest BCUT2D eigenvalue weighted by atomic mass is 10.0. The molecule has 0 heterocycles. The van der Waals surface area contributed by atoms with Crippen LogP contribution in [0.25, 0.3) is 0 Å². The molecule has 0 aromatic heterocycles. The van der Waals surface area contributed by atoms with Crippen LogP contribution in [0.5, 0.6) is 5.75 Å². The zero-order valence-electron chi connectivity index (χ0n) is 12.3. The van der Waals surface area contributed by atoms with Crippen LogP contribution >= 0.6 is 11.6 Å². The quantitative estimate of drug-likeness (QED) is 0.668. The first-order valence-electron chi connectivity index (χ1n) is 7.22. The highest BCUT2D eigenvalue weighted by Gasteiger charge is 2.06. The van der Waals surface area contributed by atoms with Gasteiger partial charge in [0.1, 0.15) is 5.75 Å². The zero-order valence-corrected chi connectivity index (χ0v) is 13.1. The lowest BCUT2D eigenvalue weighted by molar-refractivity contribution is 0.304. The molecule has 0 fully saturated rings. The number of hydrogen-bond acceptors (Lipinski definition) is 2. The van der Waals surface area contributed by atoms with Crippen LogP contribution in [0.2, 0.25) is 5.02 Å². The van der Waals surface area contributed by atoms with Crippen LogP contribution in [-0.2, 0) is 0 Å². The highest BCUT2D eigenvalue weighted by Crippen LogP contribution is 2.28. The third-order valence-electron chi connectivity index (χ3n) is 3.18. The molecule has 2 nitrogen and oxygen atoms in total. The Morgan fingerprint density at radius 1 is 1.16 bits per heavy atom. The monoisotopic (exact) mass is 283 g/mol. The highest BCUT2D eigenvalue weighted by molar-refractivity contribution is 6.31. The van der Waals surface area contributed by atoms with Crippen LogP contribution in [0, 0.1) is 0 Å². The summed E-state index contributed by atoms with van der Waals surface area (Å²) >= 11 is 6.23. The number of unbranched alkanes of at least 4 members (excludes halogenated alkanes) is 3. The van der Waals surface area contributed by atoms with Crippen molar-refractivity contribution in [3.8, 4) is 5.75 Å². The Morgan fingerprint density at radius 3 is 2.53 bits per heavy atom. The second kappa shape index (κ2) is 9.22. The molecule has 0 radical (unpaired) electrons. The van der Waals surface area contributed by atoms with Gasteiger partial charge in [0.05, 0.1) is 6.61 Å². The van der Waals surface area contributed by atoms with Gasteiger partial charge in [-0.2, -0.15) is 0 Å². The minimum absolute atomic E-state index is 0.453. The van der Waals surface area contributed by atoms with Gasteiger partial charge in [-0.15, -0.1) is 0 Å². The summed E-state index contributed by atoms with van der Waals surface area (Å²) < 4.78 is 5.73. The average molecular weight is 284 g/mol. The van der Waals surface area contributed by atoms with Gasteiger partial charge in [-0.3, -0.25) is 0 Å². The maximum atomic E-state index is 6.23. The largest absolute Gasteiger partial charge is 0.494 e. The molecule has 0 unspecified atom stereocenters. The van der Waals surface area contributed by atoms with Crippen LogP contribution < -0.4 is 10.1 Å². The van der Waals surface area contributed by atoms with Crippen LogP contribution in [0.4, 0.5) is 0 Å². The van der Waals surface area contributed by atoms with Gasteiger partial charge >= 0.3 is 0 Å². The minimum Gasteiger partial charge on any atom is -0.494 e. The number of hydrogen-bond donors (Lipinski definition) is 1. The predicted octanol–water partition coefficient (Wildman–Crippen LogP) is 4.62. The highest BCUT2D eigenvalue weighted by atomic mass is 35.5. The fourth-order valence-electron chi connectivity index (χ4n) is 2.01. The van der Waals surface area contributed by atoms with Gasteiger partial charge in [-0.05, 0) is 50.0 Å². The van der Waals surface area contributed by atoms with E-state index < -0.39 is 0 Å². The third kappa shape index (κ3) is 6.31. The number of benzene rings is 1. The number of nitrogens with one attached hydrogen (secondary N) is 1. The summed E-state index contributed by atoms with van der Waals surface area (Å²) in [6.45, 7) is 6.17. The van der Waals surface area contributed by atoms with Crippen molar-refractivity contribution in [3.05, 3.63) is 28.8 Å². The summed E-state index contributed by atoms with van der Waals surface area (Å²) in [5.74, 6) is 1.33. The van der Waals surface area contributed by atoms with Crippen LogP contribution in [0.3, 0.4) is 0 Å². The van der Waals surface area contributed by atoms with E-state index in [1.54, 1.807) is 0 Å². The smallest absolute Gasteiger partial charge is 0.120 e. The lowest BCUT2D eigenvalue weighted by Crippen LogP contribution is -2.07. The van der Waals surface area contributed by atoms with Gasteiger partial charge in [0.25, 0.3) is 0 Å². The van der Waals surface area contributed by atoms with E-state index >= 15 is 0 Å². The van der Waals surface area contributed by atoms with E-state index in [9.17, 15) is 0 Å². The standard InChI is InChI=1S/C16H26ClNO/c1-13(2)15-9-8-14(12-16(15)17)19-11-7-5-4-6-10-18-3/h8-9,12-13,18H,4-7,10-11H2,1-3H3. The molecule has 0 aliphatic heterocycles. The van der Waals surface area contributed by atoms with Gasteiger partial charge in [-0.1, -0.05) is 44.4 Å². The average Bonchev–Trinajstić information content (AvgIpc) is 2.37. The Morgan fingerprint density at radius 2 is 1.89 bits per heavy atom. The predicted molar refractivity (Wildman–Crippen MR) is 83.4 cm³/mol. The van der Waals surface area contributed by atoms with E-state index in [1.807, 2.05) is 19.2 Å². The second-order valence-corrected chi connectivity index (χ2v) is 5.61. The maximum absolute atomic E-state index is 6.23. The van der Waals surface area contributed by atoms with E-state index in [2.05, 4.69) is 25.2 Å². The Hall–Kier alpha value is -0.730. The van der Waals surface area contributed by atoms with Gasteiger partial charge in [0, 0.05) is 5.02 Å². The SMILES string of the molecule is CNCCCCCCOc1ccc(C(C)C)c(Cl)c1. The summed E-state index contributed by atoms with van der Waals surface area (Å²) in [6, 6.07) is 6.01. The Balaban J connectivity index is 2.25. The molecule has 0 atom stereocenters. The second-order valence-electron chi connectivity index (χ2n) is 5.20. The Kier molecular flexibility index (Phi) is 7.92. The van der Waals surface area contributed by atoms with Crippen molar-refractivity contribution in [1.82, 2.24) is 5.32 Å². The van der Waals surface area contributed by atoms with Crippen molar-refractivity contribution >= 4 is 11.6 Å². The minimum atomic E-state index is 0.453. The molecule has 3 heteroatoms. The Labute approximate surface area is 122 Å². The molecule has 108 valence electrons. The molecule has 0 amide bonds. The molecular formula is C16H26ClNO. The van der Waals surface area contributed by atoms with Crippen molar-refractivity contribution in [2.45, 2.75) is 45.4 Å². The molecule has 19 heavy (non-hydrogen) atoms. The normalized spacial score (nSPS) is 11.0. The molecule has 1 rings (SSSR count). The number of rotatable bonds is 9. The van der Waals surface area contributed by atoms with Gasteiger partial charge in [0.15, 0.2) is 0 Å². The van der Waals surface area contributed by atoms with Crippen molar-refractivity contribution in [1.29, 1.82) is 0 Å². The number of halogens is 1. The van der Waals surface area contributed by atoms with Crippen molar-refractivity contribution < 1.29 is 4.74 Å². The molecule has 1 N–H and O–H groups in total. The summed E-state index contributed by atoms with van der Waals surface area (Å²) in [7, 11) is 1.99. The van der Waals surface area contributed by atoms with Gasteiger partial charge < -0.3 is 10.1 Å². The topological polar surface area (TPSA) is 21.3 Å². The molecule has 1 aromatic carbocycles. The van der Waals surface area contributed by atoms with Gasteiger partial charge in [0.2, 0.25) is 0 Å². The van der Waals surface area contributed by atoms with Crippen LogP contribution in [0.1, 0.15) is 51.0 Å². The first kappa shape index (κ1) is 16.3. The third-order valence-corrected chi connectivity index (χ3v) is 3.51. The fraction of sp³-hybridized carbons (Fsp3) is 0.625. The first-order valence-corrected chi connectivity index (χ1v) is 7.59. The summed E-state index contributed by atoms with van der Waals surface area (Å²) in [6.07, 6.45) is 4.83. The summed E-state index contributed by atoms with van der Waals surface area (Å²) in [4.78, 5) is 0. The maximum Gasteiger partial charge on any atom is 0.120 e. The van der Waals surface area contributed by atoms with E-state index in [0.717, 1.165) is 30.3 Å². The van der Waals surface area contributed by atoms with Gasteiger partial charge in [-0.25, -0.2) is 0 Å². The Bertz CT molecular complexity index is 366. The molecular weight excluding hydrogens is 258 g/mol. The summed E-state index contributed by atoms with van der Waals surface area (Å²) in [5.41, 5.74) is 1.18.